The molecule has 1 aliphatic rings. The summed E-state index contributed by atoms with van der Waals surface area (Å²) >= 11 is 0. The lowest BCUT2D eigenvalue weighted by Gasteiger charge is -2.15. The predicted octanol–water partition coefficient (Wildman–Crippen LogP) is 3.91. The number of ether oxygens (including phenoxy) is 2. The van der Waals surface area contributed by atoms with Gasteiger partial charge in [-0.2, -0.15) is 0 Å². The second kappa shape index (κ2) is 7.88. The van der Waals surface area contributed by atoms with Crippen molar-refractivity contribution in [1.82, 2.24) is 4.90 Å². The van der Waals surface area contributed by atoms with Crippen molar-refractivity contribution in [2.45, 2.75) is 12.8 Å². The van der Waals surface area contributed by atoms with Gasteiger partial charge in [-0.05, 0) is 74.5 Å². The Bertz CT molecular complexity index is 590. The Hall–Kier alpha value is -2.20. The minimum atomic E-state index is 0.755. The van der Waals surface area contributed by atoms with Crippen molar-refractivity contribution < 1.29 is 9.47 Å². The third-order valence-corrected chi connectivity index (χ3v) is 4.11. The maximum Gasteiger partial charge on any atom is 0.119 e. The van der Waals surface area contributed by atoms with Crippen LogP contribution in [-0.4, -0.2) is 38.3 Å². The van der Waals surface area contributed by atoms with Gasteiger partial charge < -0.3 is 14.8 Å². The Balaban J connectivity index is 1.47. The Morgan fingerprint density at radius 3 is 2.00 bits per heavy atom. The molecule has 0 radical (unpaired) electrons. The lowest BCUT2D eigenvalue weighted by molar-refractivity contribution is 0.238. The van der Waals surface area contributed by atoms with Crippen molar-refractivity contribution in [2.75, 3.05) is 38.7 Å². The van der Waals surface area contributed by atoms with E-state index in [0.717, 1.165) is 36.0 Å². The first kappa shape index (κ1) is 15.7. The molecule has 0 aliphatic carbocycles. The molecule has 4 heteroatoms. The number of anilines is 2. The highest BCUT2D eigenvalue weighted by molar-refractivity contribution is 5.60. The minimum Gasteiger partial charge on any atom is -0.497 e. The number of benzene rings is 2. The van der Waals surface area contributed by atoms with E-state index in [4.69, 9.17) is 9.47 Å². The molecule has 1 fully saturated rings. The van der Waals surface area contributed by atoms with E-state index < -0.39 is 0 Å². The van der Waals surface area contributed by atoms with Crippen LogP contribution in [0.3, 0.4) is 0 Å². The molecule has 2 aromatic carbocycles. The topological polar surface area (TPSA) is 33.7 Å². The summed E-state index contributed by atoms with van der Waals surface area (Å²) in [4.78, 5) is 2.46. The maximum absolute atomic E-state index is 5.82. The van der Waals surface area contributed by atoms with Gasteiger partial charge in [0.2, 0.25) is 0 Å². The Morgan fingerprint density at radius 1 is 0.870 bits per heavy atom. The lowest BCUT2D eigenvalue weighted by atomic mass is 10.2. The zero-order valence-electron chi connectivity index (χ0n) is 13.6. The fourth-order valence-corrected chi connectivity index (χ4v) is 2.77. The Morgan fingerprint density at radius 2 is 1.43 bits per heavy atom. The lowest BCUT2D eigenvalue weighted by Crippen LogP contribution is -2.25. The average Bonchev–Trinajstić information content (AvgIpc) is 3.11. The highest BCUT2D eigenvalue weighted by Crippen LogP contribution is 2.22. The first-order valence-corrected chi connectivity index (χ1v) is 8.20. The summed E-state index contributed by atoms with van der Waals surface area (Å²) in [5, 5.41) is 3.36. The van der Waals surface area contributed by atoms with Crippen molar-refractivity contribution >= 4 is 11.4 Å². The van der Waals surface area contributed by atoms with Gasteiger partial charge in [0.25, 0.3) is 0 Å². The van der Waals surface area contributed by atoms with Crippen LogP contribution < -0.4 is 14.8 Å². The van der Waals surface area contributed by atoms with Gasteiger partial charge in [0.05, 0.1) is 7.11 Å². The van der Waals surface area contributed by atoms with Gasteiger partial charge in [-0.3, -0.25) is 4.90 Å². The monoisotopic (exact) mass is 312 g/mol. The molecule has 0 atom stereocenters. The fraction of sp³-hybridized carbons (Fsp3) is 0.368. The first-order chi connectivity index (χ1) is 11.3. The third-order valence-electron chi connectivity index (χ3n) is 4.11. The number of nitrogens with one attached hydrogen (secondary N) is 1. The van der Waals surface area contributed by atoms with E-state index >= 15 is 0 Å². The van der Waals surface area contributed by atoms with Gasteiger partial charge in [0.15, 0.2) is 0 Å². The van der Waals surface area contributed by atoms with Crippen LogP contribution in [0.5, 0.6) is 11.5 Å². The summed E-state index contributed by atoms with van der Waals surface area (Å²) in [6.45, 7) is 4.21. The molecule has 0 amide bonds. The van der Waals surface area contributed by atoms with E-state index in [1.165, 1.54) is 25.9 Å². The normalized spacial score (nSPS) is 14.7. The van der Waals surface area contributed by atoms with Crippen molar-refractivity contribution in [3.8, 4) is 11.5 Å². The molecule has 2 aromatic rings. The van der Waals surface area contributed by atoms with Crippen molar-refractivity contribution in [2.24, 2.45) is 0 Å². The van der Waals surface area contributed by atoms with Crippen LogP contribution in [0.25, 0.3) is 0 Å². The molecular formula is C19H24N2O2. The number of likely N-dealkylation sites (tertiary alicyclic amines) is 1. The second-order valence-corrected chi connectivity index (χ2v) is 5.78. The molecular weight excluding hydrogens is 288 g/mol. The Kier molecular flexibility index (Phi) is 5.37. The zero-order chi connectivity index (χ0) is 15.9. The SMILES string of the molecule is COc1ccc(Nc2ccc(OCCN3CCCC3)cc2)cc1. The van der Waals surface area contributed by atoms with Gasteiger partial charge in [-0.25, -0.2) is 0 Å². The summed E-state index contributed by atoms with van der Waals surface area (Å²) in [7, 11) is 1.67. The molecule has 23 heavy (non-hydrogen) atoms. The smallest absolute Gasteiger partial charge is 0.119 e. The summed E-state index contributed by atoms with van der Waals surface area (Å²) in [5.41, 5.74) is 2.08. The molecule has 1 heterocycles. The van der Waals surface area contributed by atoms with E-state index in [9.17, 15) is 0 Å². The van der Waals surface area contributed by atoms with Gasteiger partial charge in [0, 0.05) is 17.9 Å². The van der Waals surface area contributed by atoms with E-state index in [1.807, 2.05) is 48.5 Å². The summed E-state index contributed by atoms with van der Waals surface area (Å²) in [6.07, 6.45) is 2.65. The molecule has 3 rings (SSSR count). The Labute approximate surface area is 138 Å². The number of rotatable bonds is 7. The zero-order valence-corrected chi connectivity index (χ0v) is 13.6. The molecule has 4 nitrogen and oxygen atoms in total. The van der Waals surface area contributed by atoms with Crippen LogP contribution in [0.2, 0.25) is 0 Å². The van der Waals surface area contributed by atoms with Gasteiger partial charge in [0.1, 0.15) is 18.1 Å². The molecule has 1 N–H and O–H groups in total. The minimum absolute atomic E-state index is 0.755. The van der Waals surface area contributed by atoms with Crippen molar-refractivity contribution in [3.63, 3.8) is 0 Å². The van der Waals surface area contributed by atoms with Crippen LogP contribution in [0.1, 0.15) is 12.8 Å². The molecule has 122 valence electrons. The van der Waals surface area contributed by atoms with E-state index in [-0.39, 0.29) is 0 Å². The quantitative estimate of drug-likeness (QED) is 0.840. The standard InChI is InChI=1S/C19H24N2O2/c1-22-18-8-4-16(5-9-18)20-17-6-10-19(11-7-17)23-15-14-21-12-2-3-13-21/h4-11,20H,2-3,12-15H2,1H3. The second-order valence-electron chi connectivity index (χ2n) is 5.78. The van der Waals surface area contributed by atoms with E-state index in [2.05, 4.69) is 10.2 Å². The molecule has 0 saturated carbocycles. The molecule has 0 aromatic heterocycles. The predicted molar refractivity (Wildman–Crippen MR) is 93.9 cm³/mol. The van der Waals surface area contributed by atoms with Gasteiger partial charge in [-0.15, -0.1) is 0 Å². The van der Waals surface area contributed by atoms with Crippen LogP contribution in [0.4, 0.5) is 11.4 Å². The fourth-order valence-electron chi connectivity index (χ4n) is 2.77. The van der Waals surface area contributed by atoms with Crippen molar-refractivity contribution in [1.29, 1.82) is 0 Å². The summed E-state index contributed by atoms with van der Waals surface area (Å²) in [5.74, 6) is 1.78. The number of nitrogens with zero attached hydrogens (tertiary/aromatic N) is 1. The van der Waals surface area contributed by atoms with Crippen LogP contribution >= 0.6 is 0 Å². The highest BCUT2D eigenvalue weighted by Gasteiger charge is 2.10. The highest BCUT2D eigenvalue weighted by atomic mass is 16.5. The molecule has 0 spiro atoms. The molecule has 1 saturated heterocycles. The van der Waals surface area contributed by atoms with Gasteiger partial charge in [-0.1, -0.05) is 0 Å². The number of methoxy groups -OCH3 is 1. The maximum atomic E-state index is 5.82. The van der Waals surface area contributed by atoms with E-state index in [1.54, 1.807) is 7.11 Å². The van der Waals surface area contributed by atoms with E-state index in [0.29, 0.717) is 0 Å². The van der Waals surface area contributed by atoms with Crippen molar-refractivity contribution in [3.05, 3.63) is 48.5 Å². The number of hydrogen-bond acceptors (Lipinski definition) is 4. The molecule has 0 bridgehead atoms. The van der Waals surface area contributed by atoms with Crippen LogP contribution in [-0.2, 0) is 0 Å². The largest absolute Gasteiger partial charge is 0.497 e. The summed E-state index contributed by atoms with van der Waals surface area (Å²) in [6, 6.07) is 16.0. The third kappa shape index (κ3) is 4.63. The first-order valence-electron chi connectivity index (χ1n) is 8.20. The van der Waals surface area contributed by atoms with Crippen LogP contribution in [0, 0.1) is 0 Å². The van der Waals surface area contributed by atoms with Crippen LogP contribution in [0.15, 0.2) is 48.5 Å². The average molecular weight is 312 g/mol. The number of hydrogen-bond donors (Lipinski definition) is 1. The van der Waals surface area contributed by atoms with Gasteiger partial charge >= 0.3 is 0 Å². The molecule has 1 aliphatic heterocycles. The molecule has 0 unspecified atom stereocenters. The summed E-state index contributed by atoms with van der Waals surface area (Å²) < 4.78 is 11.0.